The van der Waals surface area contributed by atoms with E-state index in [1.807, 2.05) is 0 Å². The van der Waals surface area contributed by atoms with Crippen LogP contribution in [0.4, 0.5) is 0 Å². The fourth-order valence-electron chi connectivity index (χ4n) is 3.08. The van der Waals surface area contributed by atoms with Crippen LogP contribution in [-0.2, 0) is 6.42 Å². The van der Waals surface area contributed by atoms with Crippen LogP contribution in [0.15, 0.2) is 35.9 Å². The predicted octanol–water partition coefficient (Wildman–Crippen LogP) is 4.80. The molecule has 1 atom stereocenters. The highest BCUT2D eigenvalue weighted by Gasteiger charge is 2.13. The van der Waals surface area contributed by atoms with Gasteiger partial charge in [0, 0.05) is 6.04 Å². The third-order valence-corrected chi connectivity index (χ3v) is 4.30. The molecule has 1 heteroatoms. The standard InChI is InChI=1S/C19H29N/c1-3-13-20-19(14-17-10-5-4-6-11-17)15-18-12-8-7-9-16(18)2/h7-10,12,19-20H,3-6,11,13-15H2,1-2H3. The zero-order chi connectivity index (χ0) is 14.2. The lowest BCUT2D eigenvalue weighted by Crippen LogP contribution is -2.32. The highest BCUT2D eigenvalue weighted by molar-refractivity contribution is 5.26. The van der Waals surface area contributed by atoms with E-state index >= 15 is 0 Å². The van der Waals surface area contributed by atoms with Gasteiger partial charge in [0.15, 0.2) is 0 Å². The molecule has 0 aromatic heterocycles. The molecular weight excluding hydrogens is 242 g/mol. The molecule has 0 heterocycles. The molecule has 0 saturated heterocycles. The number of hydrogen-bond donors (Lipinski definition) is 1. The molecule has 1 N–H and O–H groups in total. The monoisotopic (exact) mass is 271 g/mol. The zero-order valence-corrected chi connectivity index (χ0v) is 13.1. The first-order valence-electron chi connectivity index (χ1n) is 8.25. The number of hydrogen-bond acceptors (Lipinski definition) is 1. The largest absolute Gasteiger partial charge is 0.313 e. The van der Waals surface area contributed by atoms with Crippen LogP contribution in [-0.4, -0.2) is 12.6 Å². The van der Waals surface area contributed by atoms with E-state index in [1.54, 1.807) is 5.57 Å². The van der Waals surface area contributed by atoms with Crippen molar-refractivity contribution >= 4 is 0 Å². The van der Waals surface area contributed by atoms with Crippen LogP contribution in [0.25, 0.3) is 0 Å². The van der Waals surface area contributed by atoms with E-state index in [-0.39, 0.29) is 0 Å². The van der Waals surface area contributed by atoms with E-state index in [9.17, 15) is 0 Å². The number of rotatable bonds is 7. The molecule has 1 nitrogen and oxygen atoms in total. The van der Waals surface area contributed by atoms with Crippen molar-refractivity contribution in [1.29, 1.82) is 0 Å². The Kier molecular flexibility index (Phi) is 6.32. The Hall–Kier alpha value is -1.08. The van der Waals surface area contributed by atoms with E-state index in [4.69, 9.17) is 0 Å². The van der Waals surface area contributed by atoms with Gasteiger partial charge in [0.05, 0.1) is 0 Å². The number of aryl methyl sites for hydroxylation is 1. The molecule has 0 fully saturated rings. The van der Waals surface area contributed by atoms with E-state index < -0.39 is 0 Å². The lowest BCUT2D eigenvalue weighted by molar-refractivity contribution is 0.489. The summed E-state index contributed by atoms with van der Waals surface area (Å²) in [4.78, 5) is 0. The molecule has 1 aromatic rings. The molecule has 0 aliphatic heterocycles. The Morgan fingerprint density at radius 2 is 2.00 bits per heavy atom. The van der Waals surface area contributed by atoms with Crippen LogP contribution < -0.4 is 5.32 Å². The number of allylic oxidation sites excluding steroid dienone is 1. The first-order valence-corrected chi connectivity index (χ1v) is 8.25. The Morgan fingerprint density at radius 1 is 1.15 bits per heavy atom. The van der Waals surface area contributed by atoms with Crippen molar-refractivity contribution in [2.45, 2.75) is 64.8 Å². The maximum Gasteiger partial charge on any atom is 0.0145 e. The molecule has 1 aromatic carbocycles. The number of nitrogens with one attached hydrogen (secondary N) is 1. The van der Waals surface area contributed by atoms with Gasteiger partial charge in [-0.3, -0.25) is 0 Å². The quantitative estimate of drug-likeness (QED) is 0.703. The van der Waals surface area contributed by atoms with Crippen molar-refractivity contribution in [2.24, 2.45) is 0 Å². The maximum absolute atomic E-state index is 3.75. The minimum atomic E-state index is 0.598. The van der Waals surface area contributed by atoms with Crippen molar-refractivity contribution in [2.75, 3.05) is 6.54 Å². The van der Waals surface area contributed by atoms with Crippen LogP contribution in [0.5, 0.6) is 0 Å². The van der Waals surface area contributed by atoms with E-state index in [2.05, 4.69) is 49.5 Å². The molecule has 110 valence electrons. The smallest absolute Gasteiger partial charge is 0.0145 e. The molecular formula is C19H29N. The highest BCUT2D eigenvalue weighted by Crippen LogP contribution is 2.23. The summed E-state index contributed by atoms with van der Waals surface area (Å²) < 4.78 is 0. The Bertz CT molecular complexity index is 433. The molecule has 20 heavy (non-hydrogen) atoms. The summed E-state index contributed by atoms with van der Waals surface area (Å²) >= 11 is 0. The van der Waals surface area contributed by atoms with E-state index in [0.29, 0.717) is 6.04 Å². The summed E-state index contributed by atoms with van der Waals surface area (Å²) in [5.74, 6) is 0. The second kappa shape index (κ2) is 8.26. The van der Waals surface area contributed by atoms with Gasteiger partial charge in [0.1, 0.15) is 0 Å². The van der Waals surface area contributed by atoms with E-state index in [0.717, 1.165) is 13.0 Å². The predicted molar refractivity (Wildman–Crippen MR) is 88.1 cm³/mol. The minimum Gasteiger partial charge on any atom is -0.313 e. The second-order valence-electron chi connectivity index (χ2n) is 6.09. The maximum atomic E-state index is 3.75. The summed E-state index contributed by atoms with van der Waals surface area (Å²) in [5, 5.41) is 3.75. The molecule has 0 spiro atoms. The minimum absolute atomic E-state index is 0.598. The summed E-state index contributed by atoms with van der Waals surface area (Å²) in [5.41, 5.74) is 4.60. The molecule has 0 radical (unpaired) electrons. The van der Waals surface area contributed by atoms with Gasteiger partial charge in [-0.1, -0.05) is 42.8 Å². The van der Waals surface area contributed by atoms with Crippen LogP contribution in [0.3, 0.4) is 0 Å². The average molecular weight is 271 g/mol. The van der Waals surface area contributed by atoms with Gasteiger partial charge in [0.2, 0.25) is 0 Å². The van der Waals surface area contributed by atoms with E-state index in [1.165, 1.54) is 49.7 Å². The first kappa shape index (κ1) is 15.3. The molecule has 0 saturated carbocycles. The fraction of sp³-hybridized carbons (Fsp3) is 0.579. The lowest BCUT2D eigenvalue weighted by atomic mass is 9.91. The second-order valence-corrected chi connectivity index (χ2v) is 6.09. The molecule has 0 amide bonds. The lowest BCUT2D eigenvalue weighted by Gasteiger charge is -2.23. The molecule has 0 bridgehead atoms. The SMILES string of the molecule is CCCNC(CC1=CCCCC1)Cc1ccccc1C. The first-order chi connectivity index (χ1) is 9.79. The Balaban J connectivity index is 1.99. The Morgan fingerprint density at radius 3 is 2.70 bits per heavy atom. The van der Waals surface area contributed by atoms with Gasteiger partial charge in [0.25, 0.3) is 0 Å². The zero-order valence-electron chi connectivity index (χ0n) is 13.1. The molecule has 1 aliphatic rings. The average Bonchev–Trinajstić information content (AvgIpc) is 2.48. The van der Waals surface area contributed by atoms with Gasteiger partial charge in [-0.2, -0.15) is 0 Å². The summed E-state index contributed by atoms with van der Waals surface area (Å²) in [6.07, 6.45) is 11.5. The van der Waals surface area contributed by atoms with Crippen molar-refractivity contribution in [1.82, 2.24) is 5.32 Å². The topological polar surface area (TPSA) is 12.0 Å². The van der Waals surface area contributed by atoms with Gasteiger partial charge in [-0.25, -0.2) is 0 Å². The van der Waals surface area contributed by atoms with Crippen molar-refractivity contribution in [3.05, 3.63) is 47.0 Å². The third-order valence-electron chi connectivity index (χ3n) is 4.30. The van der Waals surface area contributed by atoms with Gasteiger partial charge in [-0.05, 0) is 69.5 Å². The van der Waals surface area contributed by atoms with Gasteiger partial charge < -0.3 is 5.32 Å². The fourth-order valence-corrected chi connectivity index (χ4v) is 3.08. The summed E-state index contributed by atoms with van der Waals surface area (Å²) in [6, 6.07) is 9.41. The van der Waals surface area contributed by atoms with Crippen molar-refractivity contribution in [3.63, 3.8) is 0 Å². The summed E-state index contributed by atoms with van der Waals surface area (Å²) in [6.45, 7) is 5.60. The molecule has 1 aliphatic carbocycles. The van der Waals surface area contributed by atoms with Crippen LogP contribution in [0, 0.1) is 6.92 Å². The van der Waals surface area contributed by atoms with Crippen LogP contribution in [0.2, 0.25) is 0 Å². The van der Waals surface area contributed by atoms with Crippen LogP contribution >= 0.6 is 0 Å². The van der Waals surface area contributed by atoms with Gasteiger partial charge >= 0.3 is 0 Å². The van der Waals surface area contributed by atoms with Gasteiger partial charge in [-0.15, -0.1) is 0 Å². The van der Waals surface area contributed by atoms with Crippen LogP contribution in [0.1, 0.15) is 56.6 Å². The Labute approximate surface area is 124 Å². The molecule has 1 unspecified atom stereocenters. The molecule has 2 rings (SSSR count). The normalized spacial score (nSPS) is 16.8. The third kappa shape index (κ3) is 4.79. The summed E-state index contributed by atoms with van der Waals surface area (Å²) in [7, 11) is 0. The number of benzene rings is 1. The van der Waals surface area contributed by atoms with Crippen molar-refractivity contribution in [3.8, 4) is 0 Å². The highest BCUT2D eigenvalue weighted by atomic mass is 14.9. The van der Waals surface area contributed by atoms with Crippen molar-refractivity contribution < 1.29 is 0 Å².